The first kappa shape index (κ1) is 24.9. The molecule has 1 saturated heterocycles. The molecule has 1 fully saturated rings. The summed E-state index contributed by atoms with van der Waals surface area (Å²) in [6, 6.07) is 9.99. The minimum Gasteiger partial charge on any atom is -0.491 e. The number of hydrogen-bond donors (Lipinski definition) is 0. The van der Waals surface area contributed by atoms with Gasteiger partial charge in [-0.15, -0.1) is 0 Å². The van der Waals surface area contributed by atoms with E-state index >= 15 is 0 Å². The Morgan fingerprint density at radius 3 is 2.11 bits per heavy atom. The Morgan fingerprint density at radius 1 is 0.857 bits per heavy atom. The second kappa shape index (κ2) is 10.2. The van der Waals surface area contributed by atoms with Gasteiger partial charge in [0.2, 0.25) is 0 Å². The minimum absolute atomic E-state index is 0.0230. The molecular formula is C27H22F6O2. The minimum atomic E-state index is -1.11. The largest absolute Gasteiger partial charge is 0.491 e. The molecule has 0 aromatic heterocycles. The zero-order valence-electron chi connectivity index (χ0n) is 19.0. The van der Waals surface area contributed by atoms with Crippen LogP contribution in [0.25, 0.3) is 17.0 Å². The van der Waals surface area contributed by atoms with E-state index in [0.717, 1.165) is 32.2 Å². The maximum Gasteiger partial charge on any atom is 0.190 e. The molecule has 0 spiro atoms. The SMILES string of the molecule is COc1c(F)cc(-c2ccc(C3CCC(c4ccc(C(F)=C(C)F)cc4F)CO3)cc2F)cc1F. The molecule has 2 nitrogen and oxygen atoms in total. The number of halogens is 6. The summed E-state index contributed by atoms with van der Waals surface area (Å²) in [5, 5.41) is 0. The molecule has 3 aromatic rings. The molecule has 8 heteroatoms. The fourth-order valence-electron chi connectivity index (χ4n) is 4.33. The summed E-state index contributed by atoms with van der Waals surface area (Å²) < 4.78 is 94.8. The molecule has 0 aliphatic carbocycles. The zero-order chi connectivity index (χ0) is 25.3. The lowest BCUT2D eigenvalue weighted by Crippen LogP contribution is -2.20. The number of benzene rings is 3. The quantitative estimate of drug-likeness (QED) is 0.335. The Bertz CT molecular complexity index is 1250. The Labute approximate surface area is 198 Å². The van der Waals surface area contributed by atoms with Crippen LogP contribution in [0.1, 0.15) is 48.5 Å². The fourth-order valence-corrected chi connectivity index (χ4v) is 4.33. The average molecular weight is 492 g/mol. The number of hydrogen-bond acceptors (Lipinski definition) is 2. The van der Waals surface area contributed by atoms with E-state index in [0.29, 0.717) is 24.0 Å². The average Bonchev–Trinajstić information content (AvgIpc) is 2.83. The van der Waals surface area contributed by atoms with Gasteiger partial charge in [0.1, 0.15) is 17.5 Å². The predicted molar refractivity (Wildman–Crippen MR) is 120 cm³/mol. The molecule has 1 heterocycles. The third-order valence-corrected chi connectivity index (χ3v) is 6.15. The van der Waals surface area contributed by atoms with Crippen molar-refractivity contribution in [1.29, 1.82) is 0 Å². The maximum atomic E-state index is 14.8. The molecule has 0 amide bonds. The first-order valence-electron chi connectivity index (χ1n) is 11.0. The van der Waals surface area contributed by atoms with Crippen LogP contribution in [-0.2, 0) is 4.74 Å². The van der Waals surface area contributed by atoms with Crippen LogP contribution in [0.5, 0.6) is 5.75 Å². The summed E-state index contributed by atoms with van der Waals surface area (Å²) in [6.45, 7) is 1.11. The van der Waals surface area contributed by atoms with Gasteiger partial charge in [0.05, 0.1) is 19.8 Å². The van der Waals surface area contributed by atoms with Gasteiger partial charge in [0, 0.05) is 17.0 Å². The molecule has 1 aliphatic rings. The lowest BCUT2D eigenvalue weighted by Gasteiger charge is -2.30. The predicted octanol–water partition coefficient (Wildman–Crippen LogP) is 8.18. The van der Waals surface area contributed by atoms with Crippen molar-refractivity contribution in [3.05, 3.63) is 94.3 Å². The highest BCUT2D eigenvalue weighted by Gasteiger charge is 2.27. The molecule has 2 atom stereocenters. The fraction of sp³-hybridized carbons (Fsp3) is 0.259. The second-order valence-corrected chi connectivity index (χ2v) is 8.39. The van der Waals surface area contributed by atoms with E-state index in [1.165, 1.54) is 24.3 Å². The van der Waals surface area contributed by atoms with Gasteiger partial charge in [-0.05, 0) is 60.7 Å². The summed E-state index contributed by atoms with van der Waals surface area (Å²) in [6.07, 6.45) is 0.546. The molecule has 0 bridgehead atoms. The summed E-state index contributed by atoms with van der Waals surface area (Å²) >= 11 is 0. The second-order valence-electron chi connectivity index (χ2n) is 8.39. The summed E-state index contributed by atoms with van der Waals surface area (Å²) in [5.41, 5.74) is 0.757. The Balaban J connectivity index is 1.48. The third-order valence-electron chi connectivity index (χ3n) is 6.15. The van der Waals surface area contributed by atoms with Gasteiger partial charge in [-0.3, -0.25) is 0 Å². The van der Waals surface area contributed by atoms with Crippen LogP contribution in [-0.4, -0.2) is 13.7 Å². The van der Waals surface area contributed by atoms with Crippen molar-refractivity contribution in [2.45, 2.75) is 31.8 Å². The van der Waals surface area contributed by atoms with Crippen molar-refractivity contribution in [3.8, 4) is 16.9 Å². The van der Waals surface area contributed by atoms with E-state index < -0.39 is 46.8 Å². The monoisotopic (exact) mass is 492 g/mol. The number of rotatable bonds is 5. The Morgan fingerprint density at radius 2 is 1.57 bits per heavy atom. The molecule has 0 saturated carbocycles. The van der Waals surface area contributed by atoms with Crippen molar-refractivity contribution in [3.63, 3.8) is 0 Å². The van der Waals surface area contributed by atoms with Crippen LogP contribution in [0.4, 0.5) is 26.3 Å². The standard InChI is InChI=1S/C27H22F6O2/c1-14(28)26(33)16-4-7-19(22(30)10-16)17-5-8-25(35-13-17)15-3-6-20(21(29)9-15)18-11-23(31)27(34-2)24(32)12-18/h3-4,6-7,9-12,17,25H,5,8,13H2,1-2H3. The molecule has 0 N–H and O–H groups in total. The van der Waals surface area contributed by atoms with Crippen LogP contribution < -0.4 is 4.74 Å². The normalized spacial score (nSPS) is 18.9. The lowest BCUT2D eigenvalue weighted by molar-refractivity contribution is 0.00159. The lowest BCUT2D eigenvalue weighted by atomic mass is 9.88. The first-order valence-corrected chi connectivity index (χ1v) is 11.0. The van der Waals surface area contributed by atoms with Crippen LogP contribution in [0.15, 0.2) is 54.4 Å². The molecule has 0 radical (unpaired) electrons. The van der Waals surface area contributed by atoms with Gasteiger partial charge in [-0.1, -0.05) is 24.3 Å². The van der Waals surface area contributed by atoms with Crippen molar-refractivity contribution >= 4 is 5.83 Å². The molecule has 3 aromatic carbocycles. The van der Waals surface area contributed by atoms with Crippen LogP contribution >= 0.6 is 0 Å². The van der Waals surface area contributed by atoms with Crippen LogP contribution in [0.3, 0.4) is 0 Å². The molecule has 2 unspecified atom stereocenters. The number of allylic oxidation sites excluding steroid dienone is 1. The van der Waals surface area contributed by atoms with Crippen molar-refractivity contribution in [2.75, 3.05) is 13.7 Å². The van der Waals surface area contributed by atoms with E-state index in [1.54, 1.807) is 6.07 Å². The summed E-state index contributed by atoms with van der Waals surface area (Å²) in [7, 11) is 1.14. The van der Waals surface area contributed by atoms with E-state index in [9.17, 15) is 26.3 Å². The first-order chi connectivity index (χ1) is 16.7. The highest BCUT2D eigenvalue weighted by atomic mass is 19.2. The van der Waals surface area contributed by atoms with Gasteiger partial charge < -0.3 is 9.47 Å². The van der Waals surface area contributed by atoms with Crippen molar-refractivity contribution in [1.82, 2.24) is 0 Å². The molecule has 184 valence electrons. The van der Waals surface area contributed by atoms with Gasteiger partial charge in [-0.25, -0.2) is 26.3 Å². The van der Waals surface area contributed by atoms with Crippen molar-refractivity contribution < 1.29 is 35.8 Å². The van der Waals surface area contributed by atoms with Crippen molar-refractivity contribution in [2.24, 2.45) is 0 Å². The van der Waals surface area contributed by atoms with Gasteiger partial charge in [-0.2, -0.15) is 0 Å². The maximum absolute atomic E-state index is 14.8. The summed E-state index contributed by atoms with van der Waals surface area (Å²) in [5.74, 6) is -6.17. The highest BCUT2D eigenvalue weighted by molar-refractivity contribution is 5.66. The van der Waals surface area contributed by atoms with Gasteiger partial charge in [0.15, 0.2) is 23.2 Å². The van der Waals surface area contributed by atoms with E-state index in [4.69, 9.17) is 4.74 Å². The molecule has 35 heavy (non-hydrogen) atoms. The highest BCUT2D eigenvalue weighted by Crippen LogP contribution is 2.38. The van der Waals surface area contributed by atoms with E-state index in [1.807, 2.05) is 0 Å². The van der Waals surface area contributed by atoms with Crippen LogP contribution in [0.2, 0.25) is 0 Å². The number of ether oxygens (including phenoxy) is 2. The van der Waals surface area contributed by atoms with Gasteiger partial charge >= 0.3 is 0 Å². The van der Waals surface area contributed by atoms with Gasteiger partial charge in [0.25, 0.3) is 0 Å². The molecule has 4 rings (SSSR count). The van der Waals surface area contributed by atoms with E-state index in [-0.39, 0.29) is 29.2 Å². The van der Waals surface area contributed by atoms with E-state index in [2.05, 4.69) is 4.74 Å². The Hall–Kier alpha value is -3.26. The van der Waals surface area contributed by atoms with Crippen LogP contribution in [0, 0.1) is 23.3 Å². The molecule has 1 aliphatic heterocycles. The number of methoxy groups -OCH3 is 1. The topological polar surface area (TPSA) is 18.5 Å². The molecular weight excluding hydrogens is 470 g/mol. The Kier molecular flexibility index (Phi) is 7.21. The zero-order valence-corrected chi connectivity index (χ0v) is 19.0. The smallest absolute Gasteiger partial charge is 0.190 e. The third kappa shape index (κ3) is 5.07. The summed E-state index contributed by atoms with van der Waals surface area (Å²) in [4.78, 5) is 0.